The molecule has 0 fully saturated rings. The Morgan fingerprint density at radius 3 is 2.76 bits per heavy atom. The van der Waals surface area contributed by atoms with Gasteiger partial charge in [-0.25, -0.2) is 4.79 Å². The molecule has 2 rings (SSSR count). The smallest absolute Gasteiger partial charge is 0.341 e. The van der Waals surface area contributed by atoms with Gasteiger partial charge in [-0.05, 0) is 22.0 Å². The van der Waals surface area contributed by atoms with Crippen LogP contribution in [0.3, 0.4) is 0 Å². The predicted octanol–water partition coefficient (Wildman–Crippen LogP) is 3.99. The second-order valence-electron chi connectivity index (χ2n) is 3.87. The zero-order valence-corrected chi connectivity index (χ0v) is 11.6. The fraction of sp³-hybridized carbons (Fsp3) is 0.273. The maximum Gasteiger partial charge on any atom is 0.341 e. The normalized spacial score (nSPS) is 11.1. The summed E-state index contributed by atoms with van der Waals surface area (Å²) in [5.74, 6) is -0.605. The van der Waals surface area contributed by atoms with Crippen LogP contribution in [0, 0.1) is 0 Å². The van der Waals surface area contributed by atoms with Gasteiger partial charge in [0.05, 0.1) is 3.79 Å². The molecule has 0 atom stereocenters. The largest absolute Gasteiger partial charge is 0.477 e. The van der Waals surface area contributed by atoms with Crippen molar-refractivity contribution in [3.8, 4) is 11.3 Å². The van der Waals surface area contributed by atoms with Gasteiger partial charge in [0.2, 0.25) is 0 Å². The molecular weight excluding hydrogens is 306 g/mol. The molecule has 0 radical (unpaired) electrons. The number of halogens is 1. The van der Waals surface area contributed by atoms with E-state index in [1.165, 1.54) is 11.3 Å². The van der Waals surface area contributed by atoms with Gasteiger partial charge in [0, 0.05) is 16.9 Å². The minimum atomic E-state index is -1.01. The molecule has 17 heavy (non-hydrogen) atoms. The van der Waals surface area contributed by atoms with Crippen molar-refractivity contribution in [3.05, 3.63) is 26.6 Å². The minimum absolute atomic E-state index is 0.00979. The first-order valence-electron chi connectivity index (χ1n) is 4.98. The Labute approximate surface area is 110 Å². The van der Waals surface area contributed by atoms with Gasteiger partial charge in [0.25, 0.3) is 0 Å². The second-order valence-corrected chi connectivity index (χ2v) is 6.16. The van der Waals surface area contributed by atoms with Crippen LogP contribution in [-0.2, 0) is 0 Å². The predicted molar refractivity (Wildman–Crippen MR) is 68.6 cm³/mol. The van der Waals surface area contributed by atoms with Crippen molar-refractivity contribution in [1.82, 2.24) is 5.16 Å². The Kier molecular flexibility index (Phi) is 3.35. The third-order valence-corrected chi connectivity index (χ3v) is 3.80. The number of aromatic carboxylic acids is 1. The number of aromatic nitrogens is 1. The van der Waals surface area contributed by atoms with Crippen molar-refractivity contribution in [3.63, 3.8) is 0 Å². The van der Waals surface area contributed by atoms with Crippen LogP contribution in [-0.4, -0.2) is 16.2 Å². The quantitative estimate of drug-likeness (QED) is 0.930. The van der Waals surface area contributed by atoms with Gasteiger partial charge in [-0.1, -0.05) is 19.0 Å². The number of rotatable bonds is 3. The Bertz CT molecular complexity index is 559. The Balaban J connectivity index is 2.59. The summed E-state index contributed by atoms with van der Waals surface area (Å²) in [6.45, 7) is 3.75. The molecule has 2 heterocycles. The van der Waals surface area contributed by atoms with Gasteiger partial charge in [0.1, 0.15) is 11.3 Å². The minimum Gasteiger partial charge on any atom is -0.477 e. The summed E-state index contributed by atoms with van der Waals surface area (Å²) < 4.78 is 6.07. The van der Waals surface area contributed by atoms with Gasteiger partial charge >= 0.3 is 5.97 Å². The Morgan fingerprint density at radius 2 is 2.29 bits per heavy atom. The first-order valence-corrected chi connectivity index (χ1v) is 6.65. The lowest BCUT2D eigenvalue weighted by Crippen LogP contribution is -2.02. The highest BCUT2D eigenvalue weighted by molar-refractivity contribution is 9.11. The second kappa shape index (κ2) is 4.62. The molecule has 0 aromatic carbocycles. The van der Waals surface area contributed by atoms with Gasteiger partial charge in [0.15, 0.2) is 5.76 Å². The van der Waals surface area contributed by atoms with E-state index in [2.05, 4.69) is 21.1 Å². The molecule has 0 saturated heterocycles. The van der Waals surface area contributed by atoms with E-state index in [1.54, 1.807) is 0 Å². The van der Waals surface area contributed by atoms with E-state index in [9.17, 15) is 9.90 Å². The zero-order chi connectivity index (χ0) is 12.6. The molecule has 0 unspecified atom stereocenters. The van der Waals surface area contributed by atoms with Crippen molar-refractivity contribution in [2.45, 2.75) is 19.8 Å². The van der Waals surface area contributed by atoms with Crippen LogP contribution in [0.1, 0.15) is 35.9 Å². The first-order chi connectivity index (χ1) is 8.00. The van der Waals surface area contributed by atoms with Crippen molar-refractivity contribution >= 4 is 33.2 Å². The summed E-state index contributed by atoms with van der Waals surface area (Å²) in [6.07, 6.45) is 0. The maximum atomic E-state index is 11.3. The number of carboxylic acids is 1. The standard InChI is InChI=1S/C11H10BrNO3S/c1-5(2)10-8(11(14)15)9(13-16-10)6-3-7(12)17-4-6/h3-5H,1-2H3,(H,14,15). The molecule has 0 saturated carbocycles. The molecule has 90 valence electrons. The van der Waals surface area contributed by atoms with Crippen LogP contribution in [0.4, 0.5) is 0 Å². The monoisotopic (exact) mass is 315 g/mol. The van der Waals surface area contributed by atoms with Crippen LogP contribution in [0.15, 0.2) is 19.8 Å². The van der Waals surface area contributed by atoms with E-state index in [1.807, 2.05) is 25.3 Å². The summed E-state index contributed by atoms with van der Waals surface area (Å²) in [7, 11) is 0. The summed E-state index contributed by atoms with van der Waals surface area (Å²) >= 11 is 4.82. The van der Waals surface area contributed by atoms with Crippen molar-refractivity contribution < 1.29 is 14.4 Å². The lowest BCUT2D eigenvalue weighted by molar-refractivity contribution is 0.0694. The Morgan fingerprint density at radius 1 is 1.59 bits per heavy atom. The molecule has 0 spiro atoms. The number of carboxylic acid groups (broad SMARTS) is 1. The van der Waals surface area contributed by atoms with Gasteiger partial charge in [-0.15, -0.1) is 11.3 Å². The lowest BCUT2D eigenvalue weighted by atomic mass is 10.0. The fourth-order valence-electron chi connectivity index (χ4n) is 1.53. The summed E-state index contributed by atoms with van der Waals surface area (Å²) in [6, 6.07) is 1.83. The highest BCUT2D eigenvalue weighted by Gasteiger charge is 2.25. The molecule has 1 N–H and O–H groups in total. The number of thiophene rings is 1. The molecule has 0 aliphatic rings. The molecule has 2 aromatic heterocycles. The highest BCUT2D eigenvalue weighted by atomic mass is 79.9. The lowest BCUT2D eigenvalue weighted by Gasteiger charge is -2.00. The topological polar surface area (TPSA) is 63.3 Å². The third kappa shape index (κ3) is 2.28. The summed E-state index contributed by atoms with van der Waals surface area (Å²) in [5, 5.41) is 15.0. The van der Waals surface area contributed by atoms with Gasteiger partial charge < -0.3 is 9.63 Å². The molecule has 0 aliphatic carbocycles. The zero-order valence-electron chi connectivity index (χ0n) is 9.23. The molecule has 0 amide bonds. The van der Waals surface area contributed by atoms with Crippen molar-refractivity contribution in [1.29, 1.82) is 0 Å². The van der Waals surface area contributed by atoms with Gasteiger partial charge in [-0.2, -0.15) is 0 Å². The molecule has 0 aliphatic heterocycles. The Hall–Kier alpha value is -1.14. The van der Waals surface area contributed by atoms with Gasteiger partial charge in [-0.3, -0.25) is 0 Å². The van der Waals surface area contributed by atoms with E-state index < -0.39 is 5.97 Å². The molecule has 4 nitrogen and oxygen atoms in total. The van der Waals surface area contributed by atoms with E-state index in [0.717, 1.165) is 9.35 Å². The maximum absolute atomic E-state index is 11.3. The number of hydrogen-bond acceptors (Lipinski definition) is 4. The molecule has 6 heteroatoms. The van der Waals surface area contributed by atoms with Crippen molar-refractivity contribution in [2.24, 2.45) is 0 Å². The average molecular weight is 316 g/mol. The summed E-state index contributed by atoms with van der Waals surface area (Å²) in [4.78, 5) is 11.3. The van der Waals surface area contributed by atoms with Crippen LogP contribution in [0.5, 0.6) is 0 Å². The van der Waals surface area contributed by atoms with E-state index in [4.69, 9.17) is 4.52 Å². The van der Waals surface area contributed by atoms with E-state index >= 15 is 0 Å². The van der Waals surface area contributed by atoms with Crippen LogP contribution < -0.4 is 0 Å². The van der Waals surface area contributed by atoms with E-state index in [-0.39, 0.29) is 11.5 Å². The summed E-state index contributed by atoms with van der Waals surface area (Å²) in [5.41, 5.74) is 1.31. The van der Waals surface area contributed by atoms with Crippen LogP contribution in [0.25, 0.3) is 11.3 Å². The first kappa shape index (κ1) is 12.3. The van der Waals surface area contributed by atoms with E-state index in [0.29, 0.717) is 11.5 Å². The SMILES string of the molecule is CC(C)c1onc(-c2csc(Br)c2)c1C(=O)O. The average Bonchev–Trinajstić information content (AvgIpc) is 2.82. The molecule has 0 bridgehead atoms. The number of nitrogens with zero attached hydrogens (tertiary/aromatic N) is 1. The molecular formula is C11H10BrNO3S. The highest BCUT2D eigenvalue weighted by Crippen LogP contribution is 2.33. The number of hydrogen-bond donors (Lipinski definition) is 1. The third-order valence-electron chi connectivity index (χ3n) is 2.30. The van der Waals surface area contributed by atoms with Crippen LogP contribution >= 0.6 is 27.3 Å². The van der Waals surface area contributed by atoms with Crippen molar-refractivity contribution in [2.75, 3.05) is 0 Å². The van der Waals surface area contributed by atoms with Crippen LogP contribution in [0.2, 0.25) is 0 Å². The fourth-order valence-corrected chi connectivity index (χ4v) is 2.68. The number of carbonyl (C=O) groups is 1. The molecule has 2 aromatic rings.